The van der Waals surface area contributed by atoms with Gasteiger partial charge in [-0.05, 0) is 47.9 Å². The van der Waals surface area contributed by atoms with Crippen LogP contribution in [0.25, 0.3) is 10.9 Å². The molecule has 1 aromatic heterocycles. The highest BCUT2D eigenvalue weighted by molar-refractivity contribution is 7.89. The Morgan fingerprint density at radius 3 is 2.43 bits per heavy atom. The third-order valence-corrected chi connectivity index (χ3v) is 7.75. The van der Waals surface area contributed by atoms with Crippen LogP contribution in [0.1, 0.15) is 22.9 Å². The maximum Gasteiger partial charge on any atom is 0.246 e. The molecule has 0 saturated carbocycles. The first-order valence-electron chi connectivity index (χ1n) is 9.58. The highest BCUT2D eigenvalue weighted by atomic mass is 35.5. The van der Waals surface area contributed by atoms with E-state index in [0.29, 0.717) is 11.4 Å². The molecular formula is C23H18ClFN2O2S. The summed E-state index contributed by atoms with van der Waals surface area (Å²) >= 11 is 6.07. The SMILES string of the molecule is O=S(=O)(c1ccccc1F)N1CCc2c([nH]c3ccccc23)C1c1ccc(Cl)cc1. The number of nitrogens with zero attached hydrogens (tertiary/aromatic N) is 1. The van der Waals surface area contributed by atoms with Gasteiger partial charge in [0.25, 0.3) is 0 Å². The van der Waals surface area contributed by atoms with E-state index in [2.05, 4.69) is 4.98 Å². The van der Waals surface area contributed by atoms with E-state index in [1.165, 1.54) is 28.6 Å². The zero-order chi connectivity index (χ0) is 20.9. The first kappa shape index (κ1) is 19.3. The van der Waals surface area contributed by atoms with Crippen molar-refractivity contribution in [2.75, 3.05) is 6.54 Å². The molecule has 3 aromatic carbocycles. The van der Waals surface area contributed by atoms with Crippen molar-refractivity contribution in [3.63, 3.8) is 0 Å². The summed E-state index contributed by atoms with van der Waals surface area (Å²) in [6, 6.07) is 19.9. The van der Waals surface area contributed by atoms with Gasteiger partial charge in [0.1, 0.15) is 10.7 Å². The molecule has 1 N–H and O–H groups in total. The minimum atomic E-state index is -4.07. The molecule has 0 radical (unpaired) electrons. The van der Waals surface area contributed by atoms with Gasteiger partial charge < -0.3 is 4.98 Å². The van der Waals surface area contributed by atoms with Gasteiger partial charge in [0.2, 0.25) is 10.0 Å². The Labute approximate surface area is 179 Å². The van der Waals surface area contributed by atoms with E-state index in [9.17, 15) is 12.8 Å². The summed E-state index contributed by atoms with van der Waals surface area (Å²) in [5.74, 6) is -0.755. The van der Waals surface area contributed by atoms with Crippen LogP contribution in [-0.4, -0.2) is 24.3 Å². The van der Waals surface area contributed by atoms with Crippen LogP contribution in [0.4, 0.5) is 4.39 Å². The molecule has 1 unspecified atom stereocenters. The number of hydrogen-bond donors (Lipinski definition) is 1. The second-order valence-corrected chi connectivity index (χ2v) is 9.61. The molecule has 152 valence electrons. The Bertz CT molecular complexity index is 1350. The Morgan fingerprint density at radius 1 is 0.967 bits per heavy atom. The summed E-state index contributed by atoms with van der Waals surface area (Å²) in [5, 5.41) is 1.64. The predicted octanol–water partition coefficient (Wildman–Crippen LogP) is 5.30. The van der Waals surface area contributed by atoms with Crippen LogP contribution in [0.5, 0.6) is 0 Å². The molecule has 0 bridgehead atoms. The summed E-state index contributed by atoms with van der Waals surface area (Å²) < 4.78 is 42.9. The number of hydrogen-bond acceptors (Lipinski definition) is 2. The molecule has 1 aliphatic rings. The lowest BCUT2D eigenvalue weighted by molar-refractivity contribution is 0.338. The van der Waals surface area contributed by atoms with Gasteiger partial charge in [0.05, 0.1) is 6.04 Å². The summed E-state index contributed by atoms with van der Waals surface area (Å²) in [5.41, 5.74) is 3.62. The molecule has 5 rings (SSSR count). The van der Waals surface area contributed by atoms with Crippen LogP contribution in [0.3, 0.4) is 0 Å². The maximum atomic E-state index is 14.5. The van der Waals surface area contributed by atoms with Crippen molar-refractivity contribution in [2.45, 2.75) is 17.4 Å². The largest absolute Gasteiger partial charge is 0.357 e. The first-order valence-corrected chi connectivity index (χ1v) is 11.4. The molecule has 0 spiro atoms. The number of rotatable bonds is 3. The average Bonchev–Trinajstić information content (AvgIpc) is 3.13. The topological polar surface area (TPSA) is 53.2 Å². The third kappa shape index (κ3) is 3.03. The lowest BCUT2D eigenvalue weighted by Crippen LogP contribution is -2.40. The summed E-state index contributed by atoms with van der Waals surface area (Å²) in [7, 11) is -4.07. The number of halogens is 2. The zero-order valence-corrected chi connectivity index (χ0v) is 17.4. The van der Waals surface area contributed by atoms with Crippen LogP contribution in [0.2, 0.25) is 5.02 Å². The molecular weight excluding hydrogens is 423 g/mol. The van der Waals surface area contributed by atoms with E-state index < -0.39 is 21.9 Å². The van der Waals surface area contributed by atoms with Gasteiger partial charge in [-0.15, -0.1) is 0 Å². The fourth-order valence-corrected chi connectivity index (χ4v) is 6.02. The number of nitrogens with one attached hydrogen (secondary N) is 1. The van der Waals surface area contributed by atoms with Crippen molar-refractivity contribution in [3.8, 4) is 0 Å². The number of para-hydroxylation sites is 1. The van der Waals surface area contributed by atoms with Gasteiger partial charge in [-0.2, -0.15) is 4.31 Å². The number of aromatic nitrogens is 1. The second kappa shape index (κ2) is 7.23. The molecule has 0 saturated heterocycles. The molecule has 1 atom stereocenters. The Kier molecular flexibility index (Phi) is 4.65. The molecule has 1 aliphatic heterocycles. The minimum absolute atomic E-state index is 0.249. The zero-order valence-electron chi connectivity index (χ0n) is 15.8. The minimum Gasteiger partial charge on any atom is -0.357 e. The number of sulfonamides is 1. The van der Waals surface area contributed by atoms with Crippen molar-refractivity contribution in [1.29, 1.82) is 0 Å². The van der Waals surface area contributed by atoms with Crippen LogP contribution in [0.15, 0.2) is 77.7 Å². The predicted molar refractivity (Wildman–Crippen MR) is 116 cm³/mol. The van der Waals surface area contributed by atoms with Crippen LogP contribution in [-0.2, 0) is 16.4 Å². The average molecular weight is 441 g/mol. The monoisotopic (exact) mass is 440 g/mol. The molecule has 2 heterocycles. The van der Waals surface area contributed by atoms with Gasteiger partial charge in [-0.3, -0.25) is 0 Å². The van der Waals surface area contributed by atoms with E-state index in [0.717, 1.165) is 27.7 Å². The Morgan fingerprint density at radius 2 is 1.67 bits per heavy atom. The normalized spacial score (nSPS) is 17.2. The van der Waals surface area contributed by atoms with Gasteiger partial charge in [-0.25, -0.2) is 12.8 Å². The highest BCUT2D eigenvalue weighted by Gasteiger charge is 2.40. The third-order valence-electron chi connectivity index (χ3n) is 5.60. The van der Waals surface area contributed by atoms with E-state index in [1.807, 2.05) is 36.4 Å². The molecule has 30 heavy (non-hydrogen) atoms. The number of fused-ring (bicyclic) bond motifs is 3. The molecule has 0 amide bonds. The molecule has 7 heteroatoms. The fraction of sp³-hybridized carbons (Fsp3) is 0.130. The van der Waals surface area contributed by atoms with Crippen molar-refractivity contribution in [1.82, 2.24) is 9.29 Å². The highest BCUT2D eigenvalue weighted by Crippen LogP contribution is 2.41. The summed E-state index contributed by atoms with van der Waals surface area (Å²) in [4.78, 5) is 3.10. The van der Waals surface area contributed by atoms with Gasteiger partial charge in [0, 0.05) is 28.2 Å². The van der Waals surface area contributed by atoms with Crippen LogP contribution < -0.4 is 0 Å². The van der Waals surface area contributed by atoms with Crippen molar-refractivity contribution in [2.24, 2.45) is 0 Å². The second-order valence-electron chi connectivity index (χ2n) is 7.31. The smallest absolute Gasteiger partial charge is 0.246 e. The molecule has 4 aromatic rings. The number of H-pyrrole nitrogens is 1. The van der Waals surface area contributed by atoms with E-state index in [4.69, 9.17) is 11.6 Å². The van der Waals surface area contributed by atoms with Crippen LogP contribution in [0, 0.1) is 5.82 Å². The van der Waals surface area contributed by atoms with Gasteiger partial charge >= 0.3 is 0 Å². The number of aromatic amines is 1. The van der Waals surface area contributed by atoms with Crippen molar-refractivity contribution >= 4 is 32.5 Å². The molecule has 0 aliphatic carbocycles. The Hall–Kier alpha value is -2.67. The standard InChI is InChI=1S/C23H18ClFN2O2S/c24-16-11-9-15(10-12-16)23-22-18(17-5-1-3-7-20(17)26-22)13-14-27(23)30(28,29)21-8-4-2-6-19(21)25/h1-12,23,26H,13-14H2. The Balaban J connectivity index is 1.73. The fourth-order valence-electron chi connectivity index (χ4n) is 4.24. The van der Waals surface area contributed by atoms with Gasteiger partial charge in [-0.1, -0.05) is 54.1 Å². The summed E-state index contributed by atoms with van der Waals surface area (Å²) in [6.07, 6.45) is 0.539. The lowest BCUT2D eigenvalue weighted by atomic mass is 9.94. The quantitative estimate of drug-likeness (QED) is 0.470. The summed E-state index contributed by atoms with van der Waals surface area (Å²) in [6.45, 7) is 0.249. The first-order chi connectivity index (χ1) is 14.5. The van der Waals surface area contributed by atoms with Crippen molar-refractivity contribution in [3.05, 3.63) is 100 Å². The number of benzene rings is 3. The van der Waals surface area contributed by atoms with Crippen LogP contribution >= 0.6 is 11.6 Å². The van der Waals surface area contributed by atoms with Crippen molar-refractivity contribution < 1.29 is 12.8 Å². The van der Waals surface area contributed by atoms with E-state index in [-0.39, 0.29) is 11.4 Å². The van der Waals surface area contributed by atoms with E-state index >= 15 is 0 Å². The molecule has 4 nitrogen and oxygen atoms in total. The lowest BCUT2D eigenvalue weighted by Gasteiger charge is -2.35. The van der Waals surface area contributed by atoms with Gasteiger partial charge in [0.15, 0.2) is 0 Å². The molecule has 0 fully saturated rings. The van der Waals surface area contributed by atoms with E-state index in [1.54, 1.807) is 12.1 Å². The maximum absolute atomic E-state index is 14.5.